The highest BCUT2D eigenvalue weighted by atomic mass is 16.4. The van der Waals surface area contributed by atoms with Crippen molar-refractivity contribution in [2.45, 2.75) is 26.7 Å². The molecule has 0 saturated carbocycles. The molecule has 1 saturated heterocycles. The Bertz CT molecular complexity index is 815. The molecule has 0 bridgehead atoms. The maximum atomic E-state index is 12.7. The molecule has 0 atom stereocenters. The lowest BCUT2D eigenvalue weighted by Gasteiger charge is -2.32. The Balaban J connectivity index is 2.61. The Morgan fingerprint density at radius 3 is 1.56 bits per heavy atom. The Hall–Kier alpha value is -2.65. The molecule has 41 heavy (non-hydrogen) atoms. The van der Waals surface area contributed by atoms with Gasteiger partial charge in [0, 0.05) is 85.0 Å². The normalized spacial score (nSPS) is 17.1. The van der Waals surface area contributed by atoms with Gasteiger partial charge in [-0.1, -0.05) is 13.8 Å². The van der Waals surface area contributed by atoms with E-state index in [4.69, 9.17) is 0 Å². The van der Waals surface area contributed by atoms with Crippen LogP contribution in [0, 0.1) is 5.92 Å². The summed E-state index contributed by atoms with van der Waals surface area (Å²) >= 11 is 0. The van der Waals surface area contributed by atoms with Gasteiger partial charge in [-0.25, -0.2) is 0 Å². The molecule has 236 valence electrons. The SMILES string of the molecule is CC(C)CCC(=O)NCCN(C)CCNC(=O)CN1CCN(CC=O)CCN(CC(=O)O)CCN(CC(=O)O)CC1. The third-order valence-corrected chi connectivity index (χ3v) is 6.93. The second-order valence-electron chi connectivity index (χ2n) is 11.0. The fraction of sp³-hybridized carbons (Fsp3) is 0.815. The van der Waals surface area contributed by atoms with Gasteiger partial charge in [0.15, 0.2) is 0 Å². The lowest BCUT2D eigenvalue weighted by atomic mass is 10.1. The van der Waals surface area contributed by atoms with Crippen molar-refractivity contribution in [3.05, 3.63) is 0 Å². The maximum absolute atomic E-state index is 12.7. The van der Waals surface area contributed by atoms with Crippen molar-refractivity contribution in [1.82, 2.24) is 35.1 Å². The number of amides is 2. The number of hydrogen-bond donors (Lipinski definition) is 4. The van der Waals surface area contributed by atoms with Gasteiger partial charge in [0.2, 0.25) is 11.8 Å². The van der Waals surface area contributed by atoms with Crippen LogP contribution in [0.3, 0.4) is 0 Å². The number of rotatable bonds is 17. The Labute approximate surface area is 244 Å². The zero-order valence-electron chi connectivity index (χ0n) is 25.1. The summed E-state index contributed by atoms with van der Waals surface area (Å²) in [6.45, 7) is 9.99. The summed E-state index contributed by atoms with van der Waals surface area (Å²) < 4.78 is 0. The van der Waals surface area contributed by atoms with Gasteiger partial charge in [0.1, 0.15) is 6.29 Å². The van der Waals surface area contributed by atoms with Crippen molar-refractivity contribution in [1.29, 1.82) is 0 Å². The molecule has 4 N–H and O–H groups in total. The number of carbonyl (C=O) groups excluding carboxylic acids is 3. The summed E-state index contributed by atoms with van der Waals surface area (Å²) in [5, 5.41) is 24.5. The largest absolute Gasteiger partial charge is 0.480 e. The van der Waals surface area contributed by atoms with E-state index in [2.05, 4.69) is 24.5 Å². The fourth-order valence-corrected chi connectivity index (χ4v) is 4.37. The number of aliphatic carboxylic acids is 2. The van der Waals surface area contributed by atoms with Crippen LogP contribution < -0.4 is 10.6 Å². The van der Waals surface area contributed by atoms with Crippen molar-refractivity contribution in [2.24, 2.45) is 5.92 Å². The molecule has 1 fully saturated rings. The molecular weight excluding hydrogens is 534 g/mol. The van der Waals surface area contributed by atoms with Gasteiger partial charge in [-0.2, -0.15) is 0 Å². The standard InChI is InChI=1S/C27H51N7O7/c1-23(2)4-5-24(36)28-6-8-30(3)9-7-29-25(37)20-32-12-10-31(18-19-35)11-13-33(21-26(38)39)16-17-34(15-14-32)22-27(40)41/h19,23H,4-18,20-22H2,1-3H3,(H,28,36)(H,29,37)(H,38,39)(H,40,41). The first-order valence-electron chi connectivity index (χ1n) is 14.5. The zero-order valence-corrected chi connectivity index (χ0v) is 25.1. The lowest BCUT2D eigenvalue weighted by Crippen LogP contribution is -2.49. The minimum Gasteiger partial charge on any atom is -0.480 e. The van der Waals surface area contributed by atoms with E-state index in [1.54, 1.807) is 9.80 Å². The van der Waals surface area contributed by atoms with Crippen LogP contribution in [0.2, 0.25) is 0 Å². The Morgan fingerprint density at radius 1 is 0.732 bits per heavy atom. The number of carboxylic acids is 2. The summed E-state index contributed by atoms with van der Waals surface area (Å²) in [5.74, 6) is -1.53. The number of nitrogens with one attached hydrogen (secondary N) is 2. The van der Waals surface area contributed by atoms with Crippen molar-refractivity contribution < 1.29 is 34.2 Å². The number of hydrogen-bond acceptors (Lipinski definition) is 10. The van der Waals surface area contributed by atoms with Gasteiger partial charge in [0.05, 0.1) is 26.2 Å². The second-order valence-corrected chi connectivity index (χ2v) is 11.0. The minimum absolute atomic E-state index is 0.0534. The van der Waals surface area contributed by atoms with Gasteiger partial charge in [0.25, 0.3) is 0 Å². The summed E-state index contributed by atoms with van der Waals surface area (Å²) in [6, 6.07) is 0. The van der Waals surface area contributed by atoms with Crippen LogP contribution >= 0.6 is 0 Å². The first kappa shape index (κ1) is 36.4. The summed E-state index contributed by atoms with van der Waals surface area (Å²) in [5.41, 5.74) is 0. The first-order chi connectivity index (χ1) is 19.5. The van der Waals surface area contributed by atoms with Crippen LogP contribution in [0.5, 0.6) is 0 Å². The van der Waals surface area contributed by atoms with E-state index in [-0.39, 0.29) is 38.0 Å². The molecule has 1 heterocycles. The molecule has 14 nitrogen and oxygen atoms in total. The Kier molecular flexibility index (Phi) is 18.7. The quantitative estimate of drug-likeness (QED) is 0.141. The van der Waals surface area contributed by atoms with Crippen molar-refractivity contribution in [2.75, 3.05) is 112 Å². The maximum Gasteiger partial charge on any atom is 0.317 e. The molecule has 2 amide bonds. The molecular formula is C27H51N7O7. The molecule has 0 spiro atoms. The van der Waals surface area contributed by atoms with Crippen LogP contribution in [0.15, 0.2) is 0 Å². The van der Waals surface area contributed by atoms with Gasteiger partial charge >= 0.3 is 11.9 Å². The lowest BCUT2D eigenvalue weighted by molar-refractivity contribution is -0.140. The molecule has 1 aliphatic heterocycles. The fourth-order valence-electron chi connectivity index (χ4n) is 4.37. The molecule has 0 aromatic heterocycles. The van der Waals surface area contributed by atoms with Crippen LogP contribution in [0.1, 0.15) is 26.7 Å². The zero-order chi connectivity index (χ0) is 30.6. The third kappa shape index (κ3) is 19.2. The molecule has 0 unspecified atom stereocenters. The van der Waals surface area contributed by atoms with Gasteiger partial charge in [-0.15, -0.1) is 0 Å². The average Bonchev–Trinajstić information content (AvgIpc) is 2.88. The van der Waals surface area contributed by atoms with E-state index >= 15 is 0 Å². The molecule has 0 aromatic rings. The van der Waals surface area contributed by atoms with Crippen molar-refractivity contribution in [3.63, 3.8) is 0 Å². The summed E-state index contributed by atoms with van der Waals surface area (Å²) in [7, 11) is 1.93. The minimum atomic E-state index is -0.970. The molecule has 1 rings (SSSR count). The van der Waals surface area contributed by atoms with E-state index in [0.717, 1.165) is 12.7 Å². The molecule has 1 aliphatic rings. The predicted molar refractivity (Wildman–Crippen MR) is 155 cm³/mol. The van der Waals surface area contributed by atoms with Gasteiger partial charge in [-0.3, -0.25) is 38.8 Å². The van der Waals surface area contributed by atoms with Crippen molar-refractivity contribution in [3.8, 4) is 0 Å². The monoisotopic (exact) mass is 585 g/mol. The number of carbonyl (C=O) groups is 5. The van der Waals surface area contributed by atoms with Gasteiger partial charge in [-0.05, 0) is 19.4 Å². The predicted octanol–water partition coefficient (Wildman–Crippen LogP) is -1.82. The number of likely N-dealkylation sites (N-methyl/N-ethyl adjacent to an activating group) is 1. The van der Waals surface area contributed by atoms with E-state index in [9.17, 15) is 34.2 Å². The number of aldehydes is 1. The highest BCUT2D eigenvalue weighted by molar-refractivity contribution is 5.78. The van der Waals surface area contributed by atoms with Crippen LogP contribution in [-0.4, -0.2) is 177 Å². The summed E-state index contributed by atoms with van der Waals surface area (Å²) in [4.78, 5) is 68.0. The van der Waals surface area contributed by atoms with Crippen LogP contribution in [0.25, 0.3) is 0 Å². The number of carboxylic acid groups (broad SMARTS) is 2. The van der Waals surface area contributed by atoms with Crippen LogP contribution in [0.4, 0.5) is 0 Å². The molecule has 0 aromatic carbocycles. The first-order valence-corrected chi connectivity index (χ1v) is 14.5. The molecule has 14 heteroatoms. The highest BCUT2D eigenvalue weighted by Crippen LogP contribution is 2.03. The van der Waals surface area contributed by atoms with E-state index < -0.39 is 11.9 Å². The third-order valence-electron chi connectivity index (χ3n) is 6.93. The topological polar surface area (TPSA) is 166 Å². The van der Waals surface area contributed by atoms with Crippen molar-refractivity contribution >= 4 is 30.0 Å². The second kappa shape index (κ2) is 21.1. The van der Waals surface area contributed by atoms with E-state index in [0.29, 0.717) is 90.9 Å². The average molecular weight is 586 g/mol. The smallest absolute Gasteiger partial charge is 0.317 e. The van der Waals surface area contributed by atoms with Crippen LogP contribution in [-0.2, 0) is 24.0 Å². The Morgan fingerprint density at radius 2 is 1.15 bits per heavy atom. The van der Waals surface area contributed by atoms with E-state index in [1.807, 2.05) is 21.7 Å². The molecule has 0 radical (unpaired) electrons. The highest BCUT2D eigenvalue weighted by Gasteiger charge is 2.20. The molecule has 0 aliphatic carbocycles. The summed E-state index contributed by atoms with van der Waals surface area (Å²) in [6.07, 6.45) is 2.20. The van der Waals surface area contributed by atoms with E-state index in [1.165, 1.54) is 0 Å². The number of nitrogens with zero attached hydrogens (tertiary/aromatic N) is 5. The van der Waals surface area contributed by atoms with Gasteiger partial charge < -0.3 is 30.5 Å².